The minimum absolute atomic E-state index is 0.185. The van der Waals surface area contributed by atoms with Crippen LogP contribution in [0.4, 0.5) is 4.39 Å². The van der Waals surface area contributed by atoms with Gasteiger partial charge in [0.1, 0.15) is 17.7 Å². The Labute approximate surface area is 145 Å². The van der Waals surface area contributed by atoms with E-state index < -0.39 is 5.97 Å². The summed E-state index contributed by atoms with van der Waals surface area (Å²) < 4.78 is 18.4. The molecular weight excluding hydrogens is 325 g/mol. The number of hydrogen-bond acceptors (Lipinski definition) is 3. The SMILES string of the molecule is CC(CNC(=O)CCc1ccccc1C(=O)O)Oc1ccc(F)cc1. The Balaban J connectivity index is 1.77. The summed E-state index contributed by atoms with van der Waals surface area (Å²) in [4.78, 5) is 23.1. The molecule has 0 heterocycles. The summed E-state index contributed by atoms with van der Waals surface area (Å²) in [6, 6.07) is 12.3. The van der Waals surface area contributed by atoms with Crippen molar-refractivity contribution in [1.82, 2.24) is 5.32 Å². The first-order chi connectivity index (χ1) is 12.0. The highest BCUT2D eigenvalue weighted by Gasteiger charge is 2.11. The van der Waals surface area contributed by atoms with Crippen LogP contribution in [0.2, 0.25) is 0 Å². The lowest BCUT2D eigenvalue weighted by Gasteiger charge is -2.15. The van der Waals surface area contributed by atoms with E-state index in [-0.39, 0.29) is 29.8 Å². The standard InChI is InChI=1S/C19H20FNO4/c1-13(25-16-9-7-15(20)8-10-16)12-21-18(22)11-6-14-4-2-3-5-17(14)19(23)24/h2-5,7-10,13H,6,11-12H2,1H3,(H,21,22)(H,23,24). The van der Waals surface area contributed by atoms with Crippen molar-refractivity contribution in [3.05, 3.63) is 65.5 Å². The Kier molecular flexibility index (Phi) is 6.51. The van der Waals surface area contributed by atoms with Gasteiger partial charge in [0.05, 0.1) is 12.1 Å². The van der Waals surface area contributed by atoms with Gasteiger partial charge in [-0.05, 0) is 49.2 Å². The molecular formula is C19H20FNO4. The van der Waals surface area contributed by atoms with Crippen LogP contribution in [0.15, 0.2) is 48.5 Å². The number of ether oxygens (including phenoxy) is 1. The molecule has 0 radical (unpaired) electrons. The molecule has 2 aromatic rings. The number of aryl methyl sites for hydroxylation is 1. The molecule has 2 rings (SSSR count). The van der Waals surface area contributed by atoms with Gasteiger partial charge < -0.3 is 15.2 Å². The quantitative estimate of drug-likeness (QED) is 0.771. The number of benzene rings is 2. The number of carbonyl (C=O) groups excluding carboxylic acids is 1. The van der Waals surface area contributed by atoms with Crippen molar-refractivity contribution >= 4 is 11.9 Å². The topological polar surface area (TPSA) is 75.6 Å². The number of amides is 1. The first kappa shape index (κ1) is 18.4. The summed E-state index contributed by atoms with van der Waals surface area (Å²) in [6.45, 7) is 2.10. The number of carboxylic acid groups (broad SMARTS) is 1. The third kappa shape index (κ3) is 5.91. The van der Waals surface area contributed by atoms with E-state index in [2.05, 4.69) is 5.32 Å². The highest BCUT2D eigenvalue weighted by molar-refractivity contribution is 5.89. The molecule has 0 saturated heterocycles. The van der Waals surface area contributed by atoms with Gasteiger partial charge in [-0.1, -0.05) is 18.2 Å². The van der Waals surface area contributed by atoms with E-state index >= 15 is 0 Å². The smallest absolute Gasteiger partial charge is 0.335 e. The molecule has 0 saturated carbocycles. The zero-order chi connectivity index (χ0) is 18.2. The van der Waals surface area contributed by atoms with Crippen LogP contribution in [0.25, 0.3) is 0 Å². The van der Waals surface area contributed by atoms with Crippen LogP contribution in [-0.4, -0.2) is 29.6 Å². The monoisotopic (exact) mass is 345 g/mol. The number of carboxylic acids is 1. The molecule has 0 spiro atoms. The van der Waals surface area contributed by atoms with Crippen molar-refractivity contribution in [1.29, 1.82) is 0 Å². The average molecular weight is 345 g/mol. The van der Waals surface area contributed by atoms with E-state index in [0.717, 1.165) is 0 Å². The highest BCUT2D eigenvalue weighted by atomic mass is 19.1. The summed E-state index contributed by atoms with van der Waals surface area (Å²) in [6.07, 6.45) is 0.260. The fourth-order valence-corrected chi connectivity index (χ4v) is 2.33. The zero-order valence-electron chi connectivity index (χ0n) is 13.9. The Bertz CT molecular complexity index is 730. The normalized spacial score (nSPS) is 11.6. The van der Waals surface area contributed by atoms with Crippen LogP contribution in [0.5, 0.6) is 5.75 Å². The lowest BCUT2D eigenvalue weighted by atomic mass is 10.0. The fraction of sp³-hybridized carbons (Fsp3) is 0.263. The van der Waals surface area contributed by atoms with E-state index in [0.29, 0.717) is 24.3 Å². The van der Waals surface area contributed by atoms with Gasteiger partial charge in [-0.15, -0.1) is 0 Å². The minimum atomic E-state index is -1.00. The molecule has 2 N–H and O–H groups in total. The number of nitrogens with one attached hydrogen (secondary N) is 1. The maximum absolute atomic E-state index is 12.8. The molecule has 2 aromatic carbocycles. The Morgan fingerprint density at radius 2 is 1.84 bits per heavy atom. The largest absolute Gasteiger partial charge is 0.489 e. The molecule has 1 amide bonds. The third-order valence-electron chi connectivity index (χ3n) is 3.61. The second-order valence-electron chi connectivity index (χ2n) is 5.65. The van der Waals surface area contributed by atoms with Crippen molar-refractivity contribution in [3.8, 4) is 5.75 Å². The summed E-state index contributed by atoms with van der Waals surface area (Å²) in [7, 11) is 0. The molecule has 5 nitrogen and oxygen atoms in total. The predicted octanol–water partition coefficient (Wildman–Crippen LogP) is 3.04. The van der Waals surface area contributed by atoms with Crippen molar-refractivity contribution in [3.63, 3.8) is 0 Å². The summed E-state index contributed by atoms with van der Waals surface area (Å²) in [5.74, 6) is -0.999. The van der Waals surface area contributed by atoms with Gasteiger partial charge in [0.25, 0.3) is 0 Å². The van der Waals surface area contributed by atoms with E-state index in [1.807, 2.05) is 0 Å². The van der Waals surface area contributed by atoms with Crippen LogP contribution in [0.3, 0.4) is 0 Å². The highest BCUT2D eigenvalue weighted by Crippen LogP contribution is 2.13. The summed E-state index contributed by atoms with van der Waals surface area (Å²) in [5, 5.41) is 11.9. The maximum Gasteiger partial charge on any atom is 0.335 e. The number of rotatable bonds is 8. The molecule has 132 valence electrons. The second kappa shape index (κ2) is 8.82. The molecule has 1 atom stereocenters. The van der Waals surface area contributed by atoms with Crippen LogP contribution >= 0.6 is 0 Å². The third-order valence-corrected chi connectivity index (χ3v) is 3.61. The number of hydrogen-bond donors (Lipinski definition) is 2. The Morgan fingerprint density at radius 3 is 2.52 bits per heavy atom. The molecule has 0 fully saturated rings. The van der Waals surface area contributed by atoms with Crippen molar-refractivity contribution in [2.75, 3.05) is 6.54 Å². The first-order valence-corrected chi connectivity index (χ1v) is 7.96. The molecule has 25 heavy (non-hydrogen) atoms. The van der Waals surface area contributed by atoms with Crippen molar-refractivity contribution in [2.24, 2.45) is 0 Å². The number of aromatic carboxylic acids is 1. The molecule has 0 bridgehead atoms. The zero-order valence-corrected chi connectivity index (χ0v) is 13.9. The summed E-state index contributed by atoms with van der Waals surface area (Å²) in [5.41, 5.74) is 0.837. The average Bonchev–Trinajstić information content (AvgIpc) is 2.60. The van der Waals surface area contributed by atoms with E-state index in [9.17, 15) is 14.0 Å². The second-order valence-corrected chi connectivity index (χ2v) is 5.65. The van der Waals surface area contributed by atoms with Gasteiger partial charge in [-0.2, -0.15) is 0 Å². The van der Waals surface area contributed by atoms with Gasteiger partial charge in [0.15, 0.2) is 0 Å². The molecule has 0 aliphatic heterocycles. The van der Waals surface area contributed by atoms with E-state index in [4.69, 9.17) is 9.84 Å². The van der Waals surface area contributed by atoms with E-state index in [1.165, 1.54) is 30.3 Å². The molecule has 1 unspecified atom stereocenters. The first-order valence-electron chi connectivity index (χ1n) is 7.96. The van der Waals surface area contributed by atoms with E-state index in [1.54, 1.807) is 25.1 Å². The van der Waals surface area contributed by atoms with Gasteiger partial charge in [-0.3, -0.25) is 4.79 Å². The van der Waals surface area contributed by atoms with Crippen LogP contribution in [0.1, 0.15) is 29.3 Å². The molecule has 0 aliphatic rings. The minimum Gasteiger partial charge on any atom is -0.489 e. The summed E-state index contributed by atoms with van der Waals surface area (Å²) >= 11 is 0. The van der Waals surface area contributed by atoms with Crippen LogP contribution in [-0.2, 0) is 11.2 Å². The van der Waals surface area contributed by atoms with Crippen LogP contribution < -0.4 is 10.1 Å². The maximum atomic E-state index is 12.8. The number of carbonyl (C=O) groups is 2. The number of halogens is 1. The van der Waals surface area contributed by atoms with Gasteiger partial charge >= 0.3 is 5.97 Å². The lowest BCUT2D eigenvalue weighted by Crippen LogP contribution is -2.33. The predicted molar refractivity (Wildman–Crippen MR) is 91.2 cm³/mol. The van der Waals surface area contributed by atoms with Crippen LogP contribution in [0, 0.1) is 5.82 Å². The Hall–Kier alpha value is -2.89. The Morgan fingerprint density at radius 1 is 1.16 bits per heavy atom. The van der Waals surface area contributed by atoms with Crippen molar-refractivity contribution in [2.45, 2.75) is 25.9 Å². The molecule has 6 heteroatoms. The molecule has 0 aliphatic carbocycles. The molecule has 0 aromatic heterocycles. The van der Waals surface area contributed by atoms with Gasteiger partial charge in [-0.25, -0.2) is 9.18 Å². The van der Waals surface area contributed by atoms with Gasteiger partial charge in [0, 0.05) is 6.42 Å². The van der Waals surface area contributed by atoms with Gasteiger partial charge in [0.2, 0.25) is 5.91 Å². The lowest BCUT2D eigenvalue weighted by molar-refractivity contribution is -0.121. The van der Waals surface area contributed by atoms with Crippen molar-refractivity contribution < 1.29 is 23.8 Å². The fourth-order valence-electron chi connectivity index (χ4n) is 2.33.